The number of carbonyl (C=O) groups is 1. The van der Waals surface area contributed by atoms with Crippen LogP contribution in [-0.4, -0.2) is 24.8 Å². The smallest absolute Gasteiger partial charge is 0.314 e. The van der Waals surface area contributed by atoms with Crippen molar-refractivity contribution in [2.45, 2.75) is 27.2 Å². The van der Waals surface area contributed by atoms with E-state index in [-0.39, 0.29) is 11.3 Å². The van der Waals surface area contributed by atoms with Gasteiger partial charge in [-0.1, -0.05) is 45.1 Å². The number of allylic oxidation sites excluding steroid dienone is 3. The Morgan fingerprint density at radius 3 is 2.53 bits per heavy atom. The Morgan fingerprint density at radius 1 is 1.41 bits per heavy atom. The Bertz CT molecular complexity index is 336. The molecule has 96 valence electrons. The molecule has 0 aromatic heterocycles. The molecule has 0 aromatic carbocycles. The molecule has 0 heterocycles. The number of carboxylic acid groups (broad SMARTS) is 1. The van der Waals surface area contributed by atoms with E-state index >= 15 is 0 Å². The molecular formula is C14H22O3. The van der Waals surface area contributed by atoms with Crippen molar-refractivity contribution in [1.29, 1.82) is 0 Å². The standard InChI is InChI=1S/C14H22O3/c1-13(2,3)14(12(15)16)9-6-5-7-11(14)8-10-17-4/h5-7,9,11H,8,10H2,1-4H3,(H,15,16). The quantitative estimate of drug-likeness (QED) is 0.819. The summed E-state index contributed by atoms with van der Waals surface area (Å²) in [7, 11) is 1.64. The predicted molar refractivity (Wildman–Crippen MR) is 67.8 cm³/mol. The van der Waals surface area contributed by atoms with Crippen LogP contribution in [0.15, 0.2) is 24.3 Å². The highest BCUT2D eigenvalue weighted by Gasteiger charge is 2.51. The molecular weight excluding hydrogens is 216 g/mol. The van der Waals surface area contributed by atoms with Gasteiger partial charge in [0.15, 0.2) is 0 Å². The minimum atomic E-state index is -0.847. The zero-order valence-corrected chi connectivity index (χ0v) is 11.1. The lowest BCUT2D eigenvalue weighted by molar-refractivity contribution is -0.155. The average molecular weight is 238 g/mol. The maximum absolute atomic E-state index is 11.8. The Morgan fingerprint density at radius 2 is 2.06 bits per heavy atom. The summed E-state index contributed by atoms with van der Waals surface area (Å²) in [5.74, 6) is -0.781. The summed E-state index contributed by atoms with van der Waals surface area (Å²) in [6.45, 7) is 6.51. The Hall–Kier alpha value is -1.09. The number of rotatable bonds is 4. The number of hydrogen-bond donors (Lipinski definition) is 1. The van der Waals surface area contributed by atoms with Crippen molar-refractivity contribution in [3.63, 3.8) is 0 Å². The van der Waals surface area contributed by atoms with Gasteiger partial charge in [0.2, 0.25) is 0 Å². The lowest BCUT2D eigenvalue weighted by Gasteiger charge is -2.45. The van der Waals surface area contributed by atoms with Crippen molar-refractivity contribution in [2.75, 3.05) is 13.7 Å². The summed E-state index contributed by atoms with van der Waals surface area (Å²) < 4.78 is 5.08. The van der Waals surface area contributed by atoms with E-state index in [2.05, 4.69) is 0 Å². The molecule has 2 atom stereocenters. The average Bonchev–Trinajstić information content (AvgIpc) is 2.24. The van der Waals surface area contributed by atoms with E-state index in [0.717, 1.165) is 6.42 Å². The number of aliphatic carboxylic acids is 1. The van der Waals surface area contributed by atoms with Crippen molar-refractivity contribution in [1.82, 2.24) is 0 Å². The van der Waals surface area contributed by atoms with Gasteiger partial charge >= 0.3 is 5.97 Å². The Labute approximate surface area is 103 Å². The summed E-state index contributed by atoms with van der Waals surface area (Å²) in [5.41, 5.74) is -1.18. The first-order valence-corrected chi connectivity index (χ1v) is 5.94. The van der Waals surface area contributed by atoms with Crippen LogP contribution in [0.3, 0.4) is 0 Å². The SMILES string of the molecule is COCCC1C=CC=CC1(C(=O)O)C(C)(C)C. The Kier molecular flexibility index (Phi) is 4.15. The van der Waals surface area contributed by atoms with Crippen molar-refractivity contribution in [3.8, 4) is 0 Å². The second kappa shape index (κ2) is 5.05. The predicted octanol–water partition coefficient (Wildman–Crippen LogP) is 2.88. The lowest BCUT2D eigenvalue weighted by atomic mass is 9.57. The largest absolute Gasteiger partial charge is 0.481 e. The highest BCUT2D eigenvalue weighted by Crippen LogP contribution is 2.49. The molecule has 1 aliphatic carbocycles. The highest BCUT2D eigenvalue weighted by atomic mass is 16.5. The van der Waals surface area contributed by atoms with E-state index in [1.165, 1.54) is 0 Å². The fourth-order valence-corrected chi connectivity index (χ4v) is 2.61. The van der Waals surface area contributed by atoms with E-state index in [9.17, 15) is 9.90 Å². The molecule has 0 saturated carbocycles. The molecule has 0 fully saturated rings. The maximum Gasteiger partial charge on any atom is 0.314 e. The van der Waals surface area contributed by atoms with Crippen LogP contribution in [0, 0.1) is 16.7 Å². The third kappa shape index (κ3) is 2.44. The number of carboxylic acids is 1. The number of hydrogen-bond acceptors (Lipinski definition) is 2. The van der Waals surface area contributed by atoms with Crippen molar-refractivity contribution in [3.05, 3.63) is 24.3 Å². The summed E-state index contributed by atoms with van der Waals surface area (Å²) in [6.07, 6.45) is 8.30. The first-order chi connectivity index (χ1) is 7.86. The van der Waals surface area contributed by atoms with E-state index in [1.807, 2.05) is 45.1 Å². The fourth-order valence-electron chi connectivity index (χ4n) is 2.61. The zero-order chi connectivity index (χ0) is 13.1. The van der Waals surface area contributed by atoms with Crippen LogP contribution >= 0.6 is 0 Å². The highest BCUT2D eigenvalue weighted by molar-refractivity contribution is 5.79. The molecule has 0 amide bonds. The van der Waals surface area contributed by atoms with Crippen molar-refractivity contribution >= 4 is 5.97 Å². The molecule has 2 unspecified atom stereocenters. The summed E-state index contributed by atoms with van der Waals surface area (Å²) in [6, 6.07) is 0. The van der Waals surface area contributed by atoms with Crippen molar-refractivity contribution in [2.24, 2.45) is 16.7 Å². The number of methoxy groups -OCH3 is 1. The zero-order valence-electron chi connectivity index (χ0n) is 11.1. The molecule has 0 aromatic rings. The molecule has 1 aliphatic rings. The van der Waals surface area contributed by atoms with Crippen molar-refractivity contribution < 1.29 is 14.6 Å². The maximum atomic E-state index is 11.8. The van der Waals surface area contributed by atoms with Gasteiger partial charge in [-0.3, -0.25) is 4.79 Å². The van der Waals surface area contributed by atoms with Crippen LogP contribution in [0.5, 0.6) is 0 Å². The molecule has 0 radical (unpaired) electrons. The molecule has 1 rings (SSSR count). The summed E-state index contributed by atoms with van der Waals surface area (Å²) in [4.78, 5) is 11.8. The molecule has 1 N–H and O–H groups in total. The summed E-state index contributed by atoms with van der Waals surface area (Å²) in [5, 5.41) is 9.67. The van der Waals surface area contributed by atoms with E-state index < -0.39 is 11.4 Å². The second-order valence-corrected chi connectivity index (χ2v) is 5.56. The fraction of sp³-hybridized carbons (Fsp3) is 0.643. The van der Waals surface area contributed by atoms with Crippen LogP contribution in [0.4, 0.5) is 0 Å². The normalized spacial score (nSPS) is 28.4. The van der Waals surface area contributed by atoms with Gasteiger partial charge in [-0.05, 0) is 17.8 Å². The minimum Gasteiger partial charge on any atom is -0.481 e. The first-order valence-electron chi connectivity index (χ1n) is 5.94. The van der Waals surface area contributed by atoms with Crippen LogP contribution in [0.25, 0.3) is 0 Å². The third-order valence-corrected chi connectivity index (χ3v) is 3.63. The number of ether oxygens (including phenoxy) is 1. The van der Waals surface area contributed by atoms with Crippen LogP contribution in [0.1, 0.15) is 27.2 Å². The summed E-state index contributed by atoms with van der Waals surface area (Å²) >= 11 is 0. The third-order valence-electron chi connectivity index (χ3n) is 3.63. The lowest BCUT2D eigenvalue weighted by Crippen LogP contribution is -2.47. The van der Waals surface area contributed by atoms with E-state index in [0.29, 0.717) is 6.61 Å². The molecule has 3 heteroatoms. The van der Waals surface area contributed by atoms with Gasteiger partial charge in [0.1, 0.15) is 0 Å². The van der Waals surface area contributed by atoms with Gasteiger partial charge < -0.3 is 9.84 Å². The van der Waals surface area contributed by atoms with Gasteiger partial charge in [-0.25, -0.2) is 0 Å². The molecule has 0 spiro atoms. The van der Waals surface area contributed by atoms with Gasteiger partial charge in [0.25, 0.3) is 0 Å². The molecule has 0 bridgehead atoms. The van der Waals surface area contributed by atoms with Gasteiger partial charge in [0, 0.05) is 13.7 Å². The minimum absolute atomic E-state index is 0.0232. The van der Waals surface area contributed by atoms with Gasteiger partial charge in [-0.2, -0.15) is 0 Å². The molecule has 3 nitrogen and oxygen atoms in total. The monoisotopic (exact) mass is 238 g/mol. The van der Waals surface area contributed by atoms with Crippen LogP contribution in [0.2, 0.25) is 0 Å². The topological polar surface area (TPSA) is 46.5 Å². The molecule has 0 saturated heterocycles. The van der Waals surface area contributed by atoms with Gasteiger partial charge in [0.05, 0.1) is 5.41 Å². The first kappa shape index (κ1) is 14.0. The van der Waals surface area contributed by atoms with Gasteiger partial charge in [-0.15, -0.1) is 0 Å². The van der Waals surface area contributed by atoms with E-state index in [1.54, 1.807) is 7.11 Å². The Balaban J connectivity index is 3.12. The molecule has 0 aliphatic heterocycles. The van der Waals surface area contributed by atoms with Crippen LogP contribution < -0.4 is 0 Å². The van der Waals surface area contributed by atoms with Crippen LogP contribution in [-0.2, 0) is 9.53 Å². The second-order valence-electron chi connectivity index (χ2n) is 5.56. The molecule has 17 heavy (non-hydrogen) atoms. The van der Waals surface area contributed by atoms with E-state index in [4.69, 9.17) is 4.74 Å².